The molecule has 0 saturated heterocycles. The smallest absolute Gasteiger partial charge is 0.241 e. The number of nitrogens with zero attached hydrogens (tertiary/aromatic N) is 1. The maximum absolute atomic E-state index is 11.7. The summed E-state index contributed by atoms with van der Waals surface area (Å²) in [6.45, 7) is 6.26. The zero-order valence-electron chi connectivity index (χ0n) is 10.4. The molecule has 5 nitrogen and oxygen atoms in total. The molecule has 0 aliphatic carbocycles. The van der Waals surface area contributed by atoms with Crippen LogP contribution in [0.5, 0.6) is 5.88 Å². The maximum Gasteiger partial charge on any atom is 0.241 e. The second-order valence-electron chi connectivity index (χ2n) is 4.08. The van der Waals surface area contributed by atoms with Gasteiger partial charge in [0.25, 0.3) is 0 Å². The van der Waals surface area contributed by atoms with Gasteiger partial charge in [0, 0.05) is 6.07 Å². The molecule has 1 amide bonds. The van der Waals surface area contributed by atoms with Gasteiger partial charge in [-0.3, -0.25) is 4.79 Å². The molecular formula is C12H19N3O2. The molecule has 3 N–H and O–H groups in total. The third kappa shape index (κ3) is 4.03. The fourth-order valence-electron chi connectivity index (χ4n) is 1.22. The summed E-state index contributed by atoms with van der Waals surface area (Å²) < 4.78 is 5.20. The van der Waals surface area contributed by atoms with Gasteiger partial charge >= 0.3 is 0 Å². The van der Waals surface area contributed by atoms with Crippen molar-refractivity contribution in [3.05, 3.63) is 18.3 Å². The van der Waals surface area contributed by atoms with Crippen molar-refractivity contribution in [2.75, 3.05) is 11.9 Å². The highest BCUT2D eigenvalue weighted by atomic mass is 16.5. The lowest BCUT2D eigenvalue weighted by Crippen LogP contribution is -2.39. The molecule has 1 atom stereocenters. The molecule has 17 heavy (non-hydrogen) atoms. The number of aromatic nitrogens is 1. The predicted molar refractivity (Wildman–Crippen MR) is 66.8 cm³/mol. The Hall–Kier alpha value is -1.62. The van der Waals surface area contributed by atoms with E-state index in [1.807, 2.05) is 20.8 Å². The van der Waals surface area contributed by atoms with Gasteiger partial charge in [0.1, 0.15) is 0 Å². The van der Waals surface area contributed by atoms with Gasteiger partial charge in [0.2, 0.25) is 11.8 Å². The van der Waals surface area contributed by atoms with Gasteiger partial charge < -0.3 is 15.8 Å². The van der Waals surface area contributed by atoms with Gasteiger partial charge in [0.15, 0.2) is 0 Å². The molecule has 1 aromatic rings. The summed E-state index contributed by atoms with van der Waals surface area (Å²) in [5, 5.41) is 2.71. The Morgan fingerprint density at radius 1 is 1.53 bits per heavy atom. The molecule has 94 valence electrons. The van der Waals surface area contributed by atoms with Gasteiger partial charge in [-0.05, 0) is 18.9 Å². The highest BCUT2D eigenvalue weighted by Gasteiger charge is 2.17. The molecule has 0 spiro atoms. The molecule has 1 aromatic heterocycles. The molecule has 0 radical (unpaired) electrons. The minimum Gasteiger partial charge on any atom is -0.478 e. The summed E-state index contributed by atoms with van der Waals surface area (Å²) in [7, 11) is 0. The standard InChI is InChI=1S/C12H19N3O2/c1-4-17-10-6-5-9(7-14-10)15-12(16)11(13)8(2)3/h5-8,11H,4,13H2,1-3H3,(H,15,16)/t11-/m0/s1. The summed E-state index contributed by atoms with van der Waals surface area (Å²) >= 11 is 0. The Balaban J connectivity index is 2.60. The number of hydrogen-bond donors (Lipinski definition) is 2. The van der Waals surface area contributed by atoms with Crippen LogP contribution in [0, 0.1) is 5.92 Å². The van der Waals surface area contributed by atoms with E-state index >= 15 is 0 Å². The van der Waals surface area contributed by atoms with Gasteiger partial charge in [0.05, 0.1) is 24.5 Å². The van der Waals surface area contributed by atoms with E-state index in [9.17, 15) is 4.79 Å². The molecular weight excluding hydrogens is 218 g/mol. The molecule has 0 unspecified atom stereocenters. The summed E-state index contributed by atoms with van der Waals surface area (Å²) in [5.74, 6) is 0.440. The van der Waals surface area contributed by atoms with Crippen LogP contribution in [0.15, 0.2) is 18.3 Å². The minimum atomic E-state index is -0.512. The van der Waals surface area contributed by atoms with Gasteiger partial charge in [-0.2, -0.15) is 0 Å². The van der Waals surface area contributed by atoms with E-state index in [0.29, 0.717) is 18.2 Å². The fraction of sp³-hybridized carbons (Fsp3) is 0.500. The molecule has 1 heterocycles. The zero-order valence-corrected chi connectivity index (χ0v) is 10.4. The average molecular weight is 237 g/mol. The fourth-order valence-corrected chi connectivity index (χ4v) is 1.22. The van der Waals surface area contributed by atoms with Crippen molar-refractivity contribution >= 4 is 11.6 Å². The van der Waals surface area contributed by atoms with Gasteiger partial charge in [-0.1, -0.05) is 13.8 Å². The van der Waals surface area contributed by atoms with E-state index in [4.69, 9.17) is 10.5 Å². The van der Waals surface area contributed by atoms with Gasteiger partial charge in [-0.15, -0.1) is 0 Å². The number of nitrogens with two attached hydrogens (primary N) is 1. The topological polar surface area (TPSA) is 77.2 Å². The third-order valence-corrected chi connectivity index (χ3v) is 2.32. The second kappa shape index (κ2) is 6.20. The number of nitrogens with one attached hydrogen (secondary N) is 1. The molecule has 0 aliphatic rings. The van der Waals surface area contributed by atoms with Crippen molar-refractivity contribution in [2.24, 2.45) is 11.7 Å². The summed E-state index contributed by atoms with van der Waals surface area (Å²) in [4.78, 5) is 15.7. The highest BCUT2D eigenvalue weighted by molar-refractivity contribution is 5.94. The molecule has 0 aromatic carbocycles. The Morgan fingerprint density at radius 3 is 2.71 bits per heavy atom. The Kier molecular flexibility index (Phi) is 4.90. The van der Waals surface area contributed by atoms with Crippen molar-refractivity contribution < 1.29 is 9.53 Å². The van der Waals surface area contributed by atoms with Crippen LogP contribution in [0.1, 0.15) is 20.8 Å². The Bertz CT molecular complexity index is 363. The van der Waals surface area contributed by atoms with E-state index < -0.39 is 6.04 Å². The number of carbonyl (C=O) groups is 1. The highest BCUT2D eigenvalue weighted by Crippen LogP contribution is 2.12. The molecule has 0 aliphatic heterocycles. The van der Waals surface area contributed by atoms with E-state index in [-0.39, 0.29) is 11.8 Å². The number of rotatable bonds is 5. The molecule has 0 saturated carbocycles. The van der Waals surface area contributed by atoms with Crippen LogP contribution in [0.2, 0.25) is 0 Å². The SMILES string of the molecule is CCOc1ccc(NC(=O)[C@@H](N)C(C)C)cn1. The number of anilines is 1. The maximum atomic E-state index is 11.7. The van der Waals surface area contributed by atoms with Crippen molar-refractivity contribution in [2.45, 2.75) is 26.8 Å². The van der Waals surface area contributed by atoms with E-state index in [1.165, 1.54) is 0 Å². The Morgan fingerprint density at radius 2 is 2.24 bits per heavy atom. The second-order valence-corrected chi connectivity index (χ2v) is 4.08. The van der Waals surface area contributed by atoms with Crippen LogP contribution >= 0.6 is 0 Å². The van der Waals surface area contributed by atoms with Crippen LogP contribution < -0.4 is 15.8 Å². The third-order valence-electron chi connectivity index (χ3n) is 2.32. The number of ether oxygens (including phenoxy) is 1. The first kappa shape index (κ1) is 13.4. The summed E-state index contributed by atoms with van der Waals surface area (Å²) in [6, 6.07) is 2.93. The quantitative estimate of drug-likeness (QED) is 0.811. The van der Waals surface area contributed by atoms with Crippen LogP contribution in [-0.2, 0) is 4.79 Å². The first-order valence-electron chi connectivity index (χ1n) is 5.70. The molecule has 1 rings (SSSR count). The van der Waals surface area contributed by atoms with Crippen LogP contribution in [0.4, 0.5) is 5.69 Å². The lowest BCUT2D eigenvalue weighted by Gasteiger charge is -2.15. The first-order chi connectivity index (χ1) is 8.04. The summed E-state index contributed by atoms with van der Waals surface area (Å²) in [5.41, 5.74) is 6.35. The van der Waals surface area contributed by atoms with Crippen molar-refractivity contribution in [3.8, 4) is 5.88 Å². The number of carbonyl (C=O) groups excluding carboxylic acids is 1. The number of hydrogen-bond acceptors (Lipinski definition) is 4. The number of pyridine rings is 1. The first-order valence-corrected chi connectivity index (χ1v) is 5.70. The lowest BCUT2D eigenvalue weighted by atomic mass is 10.1. The van der Waals surface area contributed by atoms with Crippen LogP contribution in [-0.4, -0.2) is 23.5 Å². The van der Waals surface area contributed by atoms with Crippen molar-refractivity contribution in [1.82, 2.24) is 4.98 Å². The van der Waals surface area contributed by atoms with E-state index in [1.54, 1.807) is 18.3 Å². The monoisotopic (exact) mass is 237 g/mol. The van der Waals surface area contributed by atoms with E-state index in [0.717, 1.165) is 0 Å². The Labute approximate surface area is 101 Å². The van der Waals surface area contributed by atoms with Gasteiger partial charge in [-0.25, -0.2) is 4.98 Å². The van der Waals surface area contributed by atoms with Crippen LogP contribution in [0.25, 0.3) is 0 Å². The van der Waals surface area contributed by atoms with E-state index in [2.05, 4.69) is 10.3 Å². The van der Waals surface area contributed by atoms with Crippen molar-refractivity contribution in [3.63, 3.8) is 0 Å². The number of amides is 1. The predicted octanol–water partition coefficient (Wildman–Crippen LogP) is 1.40. The van der Waals surface area contributed by atoms with Crippen molar-refractivity contribution in [1.29, 1.82) is 0 Å². The minimum absolute atomic E-state index is 0.102. The average Bonchev–Trinajstić information content (AvgIpc) is 2.30. The lowest BCUT2D eigenvalue weighted by molar-refractivity contribution is -0.118. The van der Waals surface area contributed by atoms with Crippen LogP contribution in [0.3, 0.4) is 0 Å². The molecule has 0 bridgehead atoms. The molecule has 0 fully saturated rings. The largest absolute Gasteiger partial charge is 0.478 e. The normalized spacial score (nSPS) is 12.3. The molecule has 5 heteroatoms. The zero-order chi connectivity index (χ0) is 12.8. The summed E-state index contributed by atoms with van der Waals surface area (Å²) in [6.07, 6.45) is 1.55.